The first-order chi connectivity index (χ1) is 13.2. The number of nitrogens with zero attached hydrogens (tertiary/aromatic N) is 4. The van der Waals surface area contributed by atoms with Crippen molar-refractivity contribution < 1.29 is 0 Å². The molecular weight excluding hydrogens is 354 g/mol. The first kappa shape index (κ1) is 17.7. The Morgan fingerprint density at radius 1 is 1.15 bits per heavy atom. The molecule has 0 spiro atoms. The topological polar surface area (TPSA) is 55.6 Å². The van der Waals surface area contributed by atoms with Crippen LogP contribution in [0.5, 0.6) is 0 Å². The average molecular weight is 378 g/mol. The van der Waals surface area contributed by atoms with Crippen molar-refractivity contribution in [3.05, 3.63) is 60.3 Å². The van der Waals surface area contributed by atoms with Crippen molar-refractivity contribution in [1.29, 1.82) is 0 Å². The van der Waals surface area contributed by atoms with Gasteiger partial charge in [0.1, 0.15) is 17.0 Å². The second-order valence-corrected chi connectivity index (χ2v) is 7.77. The van der Waals surface area contributed by atoms with Crippen molar-refractivity contribution in [1.82, 2.24) is 19.5 Å². The number of imidazole rings is 1. The Hall–Kier alpha value is -2.73. The molecule has 0 bridgehead atoms. The molecule has 0 atom stereocenters. The third kappa shape index (κ3) is 3.85. The minimum atomic E-state index is 0.536. The average Bonchev–Trinajstić information content (AvgIpc) is 3.35. The number of fused-ring (bicyclic) bond motifs is 1. The van der Waals surface area contributed by atoms with Crippen LogP contribution in [0, 0.1) is 0 Å². The molecule has 0 saturated carbocycles. The van der Waals surface area contributed by atoms with Crippen molar-refractivity contribution in [3.63, 3.8) is 0 Å². The van der Waals surface area contributed by atoms with Crippen molar-refractivity contribution in [2.45, 2.75) is 32.7 Å². The summed E-state index contributed by atoms with van der Waals surface area (Å²) in [6.45, 7) is 6.23. The van der Waals surface area contributed by atoms with Crippen LogP contribution in [0.4, 0.5) is 5.82 Å². The molecule has 0 aliphatic heterocycles. The molecule has 0 unspecified atom stereocenters. The van der Waals surface area contributed by atoms with Gasteiger partial charge in [-0.3, -0.25) is 0 Å². The van der Waals surface area contributed by atoms with Crippen LogP contribution in [-0.2, 0) is 6.54 Å². The molecule has 0 aliphatic rings. The van der Waals surface area contributed by atoms with E-state index >= 15 is 0 Å². The first-order valence-electron chi connectivity index (χ1n) is 9.24. The quantitative estimate of drug-likeness (QED) is 0.451. The van der Waals surface area contributed by atoms with Crippen LogP contribution >= 0.6 is 11.3 Å². The zero-order valence-electron chi connectivity index (χ0n) is 15.6. The number of benzene rings is 1. The lowest BCUT2D eigenvalue weighted by Gasteiger charge is -2.10. The van der Waals surface area contributed by atoms with Crippen molar-refractivity contribution in [2.75, 3.05) is 11.9 Å². The summed E-state index contributed by atoms with van der Waals surface area (Å²) in [6.07, 6.45) is 8.29. The molecule has 0 amide bonds. The Bertz CT molecular complexity index is 1000. The minimum absolute atomic E-state index is 0.536. The number of aromatic nitrogens is 4. The van der Waals surface area contributed by atoms with Crippen LogP contribution in [0.15, 0.2) is 54.7 Å². The number of rotatable bonds is 7. The predicted molar refractivity (Wildman–Crippen MR) is 112 cm³/mol. The van der Waals surface area contributed by atoms with E-state index in [4.69, 9.17) is 0 Å². The van der Waals surface area contributed by atoms with Crippen molar-refractivity contribution in [2.24, 2.45) is 0 Å². The maximum Gasteiger partial charge on any atom is 0.138 e. The maximum absolute atomic E-state index is 4.51. The molecule has 1 N–H and O–H groups in total. The molecule has 3 heterocycles. The molecule has 4 aromatic rings. The van der Waals surface area contributed by atoms with Crippen LogP contribution in [0.3, 0.4) is 0 Å². The summed E-state index contributed by atoms with van der Waals surface area (Å²) < 4.78 is 2.09. The Morgan fingerprint density at radius 3 is 2.74 bits per heavy atom. The second kappa shape index (κ2) is 7.88. The summed E-state index contributed by atoms with van der Waals surface area (Å²) in [4.78, 5) is 14.1. The molecule has 0 aliphatic carbocycles. The summed E-state index contributed by atoms with van der Waals surface area (Å²) in [5.74, 6) is 1.45. The molecule has 5 nitrogen and oxygen atoms in total. The fourth-order valence-electron chi connectivity index (χ4n) is 3.16. The van der Waals surface area contributed by atoms with Crippen LogP contribution in [0.2, 0.25) is 0 Å². The van der Waals surface area contributed by atoms with Crippen LogP contribution < -0.4 is 5.32 Å². The third-order valence-corrected chi connectivity index (χ3v) is 5.59. The third-order valence-electron chi connectivity index (χ3n) is 4.70. The highest BCUT2D eigenvalue weighted by atomic mass is 32.1. The van der Waals surface area contributed by atoms with Gasteiger partial charge in [0.05, 0.1) is 11.7 Å². The van der Waals surface area contributed by atoms with E-state index in [-0.39, 0.29) is 0 Å². The highest BCUT2D eigenvalue weighted by Gasteiger charge is 2.13. The van der Waals surface area contributed by atoms with Crippen LogP contribution in [0.25, 0.3) is 21.3 Å². The largest absolute Gasteiger partial charge is 0.369 e. The SMILES string of the molecule is CC(C)c1ccc(-c2csc3ncnc(NCCCn4ccnc4)c23)cc1. The molecule has 1 aromatic carbocycles. The van der Waals surface area contributed by atoms with Gasteiger partial charge in [-0.25, -0.2) is 15.0 Å². The summed E-state index contributed by atoms with van der Waals surface area (Å²) >= 11 is 1.67. The Balaban J connectivity index is 1.55. The summed E-state index contributed by atoms with van der Waals surface area (Å²) in [6, 6.07) is 8.83. The number of nitrogens with one attached hydrogen (secondary N) is 1. The lowest BCUT2D eigenvalue weighted by Crippen LogP contribution is -2.07. The van der Waals surface area contributed by atoms with Gasteiger partial charge < -0.3 is 9.88 Å². The van der Waals surface area contributed by atoms with E-state index < -0.39 is 0 Å². The standard InChI is InChI=1S/C21H23N5S/c1-15(2)16-4-6-17(7-5-16)18-12-27-21-19(18)20(24-13-25-21)23-8-3-10-26-11-9-22-14-26/h4-7,9,11-15H,3,8,10H2,1-2H3,(H,23,24,25). The molecule has 6 heteroatoms. The van der Waals surface area contributed by atoms with E-state index in [1.165, 1.54) is 16.7 Å². The van der Waals surface area contributed by atoms with Gasteiger partial charge in [0.15, 0.2) is 0 Å². The highest BCUT2D eigenvalue weighted by Crippen LogP contribution is 2.36. The Morgan fingerprint density at radius 2 is 2.00 bits per heavy atom. The van der Waals surface area contributed by atoms with Gasteiger partial charge in [0.2, 0.25) is 0 Å². The fourth-order valence-corrected chi connectivity index (χ4v) is 4.07. The summed E-state index contributed by atoms with van der Waals surface area (Å²) in [7, 11) is 0. The van der Waals surface area contributed by atoms with E-state index in [2.05, 4.69) is 68.3 Å². The smallest absolute Gasteiger partial charge is 0.138 e. The molecule has 0 saturated heterocycles. The van der Waals surface area contributed by atoms with E-state index in [0.29, 0.717) is 5.92 Å². The van der Waals surface area contributed by atoms with Gasteiger partial charge >= 0.3 is 0 Å². The van der Waals surface area contributed by atoms with Gasteiger partial charge in [-0.15, -0.1) is 11.3 Å². The van der Waals surface area contributed by atoms with Gasteiger partial charge in [-0.2, -0.15) is 0 Å². The molecule has 0 radical (unpaired) electrons. The lowest BCUT2D eigenvalue weighted by molar-refractivity contribution is 0.660. The van der Waals surface area contributed by atoms with E-state index in [0.717, 1.165) is 35.5 Å². The molecule has 3 aromatic heterocycles. The number of anilines is 1. The molecule has 4 rings (SSSR count). The Kier molecular flexibility index (Phi) is 5.16. The van der Waals surface area contributed by atoms with E-state index in [1.807, 2.05) is 18.7 Å². The number of hydrogen-bond donors (Lipinski definition) is 1. The minimum Gasteiger partial charge on any atom is -0.369 e. The number of thiophene rings is 1. The zero-order chi connectivity index (χ0) is 18.6. The molecule has 138 valence electrons. The van der Waals surface area contributed by atoms with E-state index in [1.54, 1.807) is 17.7 Å². The first-order valence-corrected chi connectivity index (χ1v) is 10.1. The normalized spacial score (nSPS) is 11.4. The summed E-state index contributed by atoms with van der Waals surface area (Å²) in [5, 5.41) is 6.79. The highest BCUT2D eigenvalue weighted by molar-refractivity contribution is 7.17. The Labute approximate surface area is 163 Å². The monoisotopic (exact) mass is 377 g/mol. The van der Waals surface area contributed by atoms with Crippen LogP contribution in [0.1, 0.15) is 31.7 Å². The predicted octanol–water partition coefficient (Wildman–Crippen LogP) is 5.18. The van der Waals surface area contributed by atoms with Gasteiger partial charge in [-0.05, 0) is 23.5 Å². The molecular formula is C21H23N5S. The van der Waals surface area contributed by atoms with Gasteiger partial charge in [-0.1, -0.05) is 38.1 Å². The second-order valence-electron chi connectivity index (χ2n) is 6.91. The van der Waals surface area contributed by atoms with Gasteiger partial charge in [0, 0.05) is 36.4 Å². The van der Waals surface area contributed by atoms with Crippen LogP contribution in [-0.4, -0.2) is 26.1 Å². The maximum atomic E-state index is 4.51. The number of hydrogen-bond acceptors (Lipinski definition) is 5. The lowest BCUT2D eigenvalue weighted by atomic mass is 9.99. The zero-order valence-corrected chi connectivity index (χ0v) is 16.4. The number of aryl methyl sites for hydroxylation is 1. The van der Waals surface area contributed by atoms with Crippen molar-refractivity contribution >= 4 is 27.4 Å². The summed E-state index contributed by atoms with van der Waals surface area (Å²) in [5.41, 5.74) is 3.76. The van der Waals surface area contributed by atoms with E-state index in [9.17, 15) is 0 Å². The fraction of sp³-hybridized carbons (Fsp3) is 0.286. The molecule has 0 fully saturated rings. The van der Waals surface area contributed by atoms with Gasteiger partial charge in [0.25, 0.3) is 0 Å². The van der Waals surface area contributed by atoms with Crippen molar-refractivity contribution in [3.8, 4) is 11.1 Å². The molecule has 27 heavy (non-hydrogen) atoms.